The van der Waals surface area contributed by atoms with Crippen LogP contribution in [0.5, 0.6) is 0 Å². The van der Waals surface area contributed by atoms with Crippen LogP contribution < -0.4 is 5.32 Å². The number of nitrogens with one attached hydrogen (secondary N) is 1. The highest BCUT2D eigenvalue weighted by atomic mass is 32.2. The van der Waals surface area contributed by atoms with Crippen LogP contribution in [0.1, 0.15) is 59.3 Å². The molecule has 0 amide bonds. The van der Waals surface area contributed by atoms with Crippen LogP contribution in [0, 0.1) is 0 Å². The first-order chi connectivity index (χ1) is 8.63. The molecule has 18 heavy (non-hydrogen) atoms. The molecule has 108 valence electrons. The first kappa shape index (κ1) is 17.8. The molecule has 0 bridgehead atoms. The zero-order valence-electron chi connectivity index (χ0n) is 12.1. The van der Waals surface area contributed by atoms with E-state index in [0.717, 1.165) is 31.6 Å². The van der Waals surface area contributed by atoms with Gasteiger partial charge in [-0.2, -0.15) is 11.8 Å². The SMILES string of the molecule is CCCCSCCCC(CC)(NCCC)C(=O)O. The van der Waals surface area contributed by atoms with E-state index in [1.807, 2.05) is 18.7 Å². The molecule has 0 saturated carbocycles. The van der Waals surface area contributed by atoms with Crippen LogP contribution in [-0.2, 0) is 4.79 Å². The molecule has 0 spiro atoms. The summed E-state index contributed by atoms with van der Waals surface area (Å²) >= 11 is 1.94. The van der Waals surface area contributed by atoms with E-state index in [2.05, 4.69) is 19.2 Å². The fourth-order valence-corrected chi connectivity index (χ4v) is 2.96. The smallest absolute Gasteiger partial charge is 0.323 e. The average Bonchev–Trinajstić information content (AvgIpc) is 2.37. The summed E-state index contributed by atoms with van der Waals surface area (Å²) in [5.41, 5.74) is -0.707. The quantitative estimate of drug-likeness (QED) is 0.535. The number of carboxylic acids is 1. The molecule has 2 N–H and O–H groups in total. The zero-order valence-corrected chi connectivity index (χ0v) is 12.9. The van der Waals surface area contributed by atoms with Crippen molar-refractivity contribution in [3.8, 4) is 0 Å². The van der Waals surface area contributed by atoms with Crippen molar-refractivity contribution in [3.05, 3.63) is 0 Å². The molecule has 0 aliphatic rings. The predicted octanol–water partition coefficient (Wildman–Crippen LogP) is 3.53. The lowest BCUT2D eigenvalue weighted by molar-refractivity contribution is -0.145. The Bertz CT molecular complexity index is 224. The van der Waals surface area contributed by atoms with Crippen LogP contribution in [-0.4, -0.2) is 34.7 Å². The summed E-state index contributed by atoms with van der Waals surface area (Å²) in [6.07, 6.45) is 5.83. The number of unbranched alkanes of at least 4 members (excludes halogenated alkanes) is 1. The van der Waals surface area contributed by atoms with Gasteiger partial charge in [-0.25, -0.2) is 0 Å². The molecule has 4 heteroatoms. The van der Waals surface area contributed by atoms with Crippen LogP contribution in [0.25, 0.3) is 0 Å². The normalized spacial score (nSPS) is 14.4. The number of carboxylic acid groups (broad SMARTS) is 1. The van der Waals surface area contributed by atoms with Crippen LogP contribution in [0.4, 0.5) is 0 Å². The van der Waals surface area contributed by atoms with Crippen molar-refractivity contribution >= 4 is 17.7 Å². The molecule has 0 heterocycles. The number of carbonyl (C=O) groups is 1. The zero-order chi connectivity index (χ0) is 13.9. The van der Waals surface area contributed by atoms with E-state index in [9.17, 15) is 9.90 Å². The molecule has 1 unspecified atom stereocenters. The fraction of sp³-hybridized carbons (Fsp3) is 0.929. The van der Waals surface area contributed by atoms with Crippen LogP contribution in [0.2, 0.25) is 0 Å². The molecule has 3 nitrogen and oxygen atoms in total. The van der Waals surface area contributed by atoms with Crippen molar-refractivity contribution in [2.45, 2.75) is 64.8 Å². The minimum absolute atomic E-state index is 0.655. The maximum absolute atomic E-state index is 11.5. The number of rotatable bonds is 12. The predicted molar refractivity (Wildman–Crippen MR) is 80.4 cm³/mol. The van der Waals surface area contributed by atoms with Gasteiger partial charge in [-0.15, -0.1) is 0 Å². The molecule has 1 atom stereocenters. The molecule has 0 aromatic heterocycles. The van der Waals surface area contributed by atoms with Gasteiger partial charge < -0.3 is 10.4 Å². The maximum Gasteiger partial charge on any atom is 0.323 e. The van der Waals surface area contributed by atoms with Gasteiger partial charge in [0.1, 0.15) is 5.54 Å². The van der Waals surface area contributed by atoms with Gasteiger partial charge in [0.2, 0.25) is 0 Å². The molecule has 0 radical (unpaired) electrons. The summed E-state index contributed by atoms with van der Waals surface area (Å²) in [5, 5.41) is 12.6. The van der Waals surface area contributed by atoms with Gasteiger partial charge >= 0.3 is 5.97 Å². The molecule has 0 rings (SSSR count). The van der Waals surface area contributed by atoms with Gasteiger partial charge in [0.25, 0.3) is 0 Å². The van der Waals surface area contributed by atoms with Gasteiger partial charge in [-0.05, 0) is 50.2 Å². The third-order valence-electron chi connectivity index (χ3n) is 3.26. The highest BCUT2D eigenvalue weighted by Gasteiger charge is 2.34. The third-order valence-corrected chi connectivity index (χ3v) is 4.42. The number of hydrogen-bond donors (Lipinski definition) is 2. The Hall–Kier alpha value is -0.220. The van der Waals surface area contributed by atoms with Crippen LogP contribution >= 0.6 is 11.8 Å². The molecule has 0 aromatic carbocycles. The topological polar surface area (TPSA) is 49.3 Å². The van der Waals surface area contributed by atoms with Crippen molar-refractivity contribution in [2.24, 2.45) is 0 Å². The summed E-state index contributed by atoms with van der Waals surface area (Å²) in [7, 11) is 0. The highest BCUT2D eigenvalue weighted by Crippen LogP contribution is 2.20. The number of aliphatic carboxylic acids is 1. The second-order valence-electron chi connectivity index (χ2n) is 4.74. The van der Waals surface area contributed by atoms with E-state index in [-0.39, 0.29) is 0 Å². The average molecular weight is 275 g/mol. The van der Waals surface area contributed by atoms with E-state index in [4.69, 9.17) is 0 Å². The summed E-state index contributed by atoms with van der Waals surface area (Å²) in [6, 6.07) is 0. The summed E-state index contributed by atoms with van der Waals surface area (Å²) in [4.78, 5) is 11.5. The molecule has 0 fully saturated rings. The fourth-order valence-electron chi connectivity index (χ4n) is 1.91. The molecule has 0 aliphatic heterocycles. The Labute approximate surface area is 116 Å². The lowest BCUT2D eigenvalue weighted by Crippen LogP contribution is -2.52. The Balaban J connectivity index is 4.04. The maximum atomic E-state index is 11.5. The Morgan fingerprint density at radius 3 is 2.33 bits per heavy atom. The summed E-state index contributed by atoms with van der Waals surface area (Å²) < 4.78 is 0. The third kappa shape index (κ3) is 6.64. The Kier molecular flexibility index (Phi) is 10.5. The van der Waals surface area contributed by atoms with Gasteiger partial charge in [-0.3, -0.25) is 4.79 Å². The first-order valence-corrected chi connectivity index (χ1v) is 8.34. The van der Waals surface area contributed by atoms with E-state index < -0.39 is 11.5 Å². The van der Waals surface area contributed by atoms with Gasteiger partial charge in [0.15, 0.2) is 0 Å². The minimum atomic E-state index is -0.707. The van der Waals surface area contributed by atoms with Crippen LogP contribution in [0.3, 0.4) is 0 Å². The lowest BCUT2D eigenvalue weighted by Gasteiger charge is -2.29. The Morgan fingerprint density at radius 1 is 1.17 bits per heavy atom. The molecule has 0 aromatic rings. The van der Waals surface area contributed by atoms with E-state index >= 15 is 0 Å². The summed E-state index contributed by atoms with van der Waals surface area (Å²) in [5.74, 6) is 1.57. The molecule has 0 saturated heterocycles. The number of hydrogen-bond acceptors (Lipinski definition) is 3. The monoisotopic (exact) mass is 275 g/mol. The van der Waals surface area contributed by atoms with E-state index in [1.54, 1.807) is 0 Å². The van der Waals surface area contributed by atoms with Gasteiger partial charge in [-0.1, -0.05) is 27.2 Å². The van der Waals surface area contributed by atoms with Crippen molar-refractivity contribution < 1.29 is 9.90 Å². The van der Waals surface area contributed by atoms with Crippen molar-refractivity contribution in [1.29, 1.82) is 0 Å². The van der Waals surface area contributed by atoms with Crippen molar-refractivity contribution in [2.75, 3.05) is 18.1 Å². The largest absolute Gasteiger partial charge is 0.480 e. The van der Waals surface area contributed by atoms with E-state index in [1.165, 1.54) is 18.6 Å². The van der Waals surface area contributed by atoms with Gasteiger partial charge in [0.05, 0.1) is 0 Å². The second kappa shape index (κ2) is 10.7. The van der Waals surface area contributed by atoms with Crippen molar-refractivity contribution in [3.63, 3.8) is 0 Å². The van der Waals surface area contributed by atoms with Crippen LogP contribution in [0.15, 0.2) is 0 Å². The highest BCUT2D eigenvalue weighted by molar-refractivity contribution is 7.99. The van der Waals surface area contributed by atoms with Crippen molar-refractivity contribution in [1.82, 2.24) is 5.32 Å². The standard InChI is InChI=1S/C14H29NO2S/c1-4-7-11-18-12-8-9-14(6-3,13(16)17)15-10-5-2/h15H,4-12H2,1-3H3,(H,16,17). The van der Waals surface area contributed by atoms with Gasteiger partial charge in [0, 0.05) is 0 Å². The van der Waals surface area contributed by atoms with E-state index in [0.29, 0.717) is 6.42 Å². The first-order valence-electron chi connectivity index (χ1n) is 7.19. The Morgan fingerprint density at radius 2 is 1.83 bits per heavy atom. The second-order valence-corrected chi connectivity index (χ2v) is 5.96. The minimum Gasteiger partial charge on any atom is -0.480 e. The number of thioether (sulfide) groups is 1. The molecule has 0 aliphatic carbocycles. The lowest BCUT2D eigenvalue weighted by atomic mass is 9.90. The summed E-state index contributed by atoms with van der Waals surface area (Å²) in [6.45, 7) is 7.00. The molecular weight excluding hydrogens is 246 g/mol. The molecular formula is C14H29NO2S.